The number of hydrogen-bond acceptors (Lipinski definition) is 5. The molecule has 2 heterocycles. The Morgan fingerprint density at radius 3 is 2.00 bits per heavy atom. The predicted molar refractivity (Wildman–Crippen MR) is 188 cm³/mol. The van der Waals surface area contributed by atoms with E-state index >= 15 is 0 Å². The van der Waals surface area contributed by atoms with Crippen LogP contribution in [0.2, 0.25) is 0 Å². The highest BCUT2D eigenvalue weighted by Gasteiger charge is 2.45. The van der Waals surface area contributed by atoms with Crippen molar-refractivity contribution >= 4 is 10.8 Å². The Morgan fingerprint density at radius 2 is 1.26 bits per heavy atom. The minimum Gasteiger partial charge on any atom is -0.265 e. The molecule has 4 aromatic carbocycles. The van der Waals surface area contributed by atoms with Gasteiger partial charge in [-0.05, 0) is 102 Å². The summed E-state index contributed by atoms with van der Waals surface area (Å²) < 4.78 is 0. The van der Waals surface area contributed by atoms with Crippen molar-refractivity contribution in [3.8, 4) is 51.4 Å². The van der Waals surface area contributed by atoms with Crippen molar-refractivity contribution in [1.82, 2.24) is 19.9 Å². The molecule has 5 heteroatoms. The lowest BCUT2D eigenvalue weighted by molar-refractivity contribution is 0.0780. The fourth-order valence-corrected chi connectivity index (χ4v) is 8.77. The average molecular weight is 612 g/mol. The van der Waals surface area contributed by atoms with E-state index < -0.39 is 0 Å². The largest absolute Gasteiger partial charge is 0.265 e. The lowest BCUT2D eigenvalue weighted by Crippen LogP contribution is -2.42. The van der Waals surface area contributed by atoms with Gasteiger partial charge in [-0.1, -0.05) is 86.6 Å². The number of benzene rings is 4. The van der Waals surface area contributed by atoms with Crippen LogP contribution >= 0.6 is 0 Å². The van der Waals surface area contributed by atoms with Crippen molar-refractivity contribution < 1.29 is 0 Å². The van der Waals surface area contributed by atoms with Crippen LogP contribution in [0.25, 0.3) is 56.1 Å². The topological polar surface area (TPSA) is 75.3 Å². The molecule has 5 nitrogen and oxygen atoms in total. The first-order valence-electron chi connectivity index (χ1n) is 16.8. The summed E-state index contributed by atoms with van der Waals surface area (Å²) in [7, 11) is 0. The maximum absolute atomic E-state index is 9.81. The number of aromatic nitrogens is 4. The Bertz CT molecular complexity index is 2110. The van der Waals surface area contributed by atoms with Crippen molar-refractivity contribution in [3.05, 3.63) is 121 Å². The van der Waals surface area contributed by atoms with Crippen molar-refractivity contribution in [2.45, 2.75) is 51.4 Å². The summed E-state index contributed by atoms with van der Waals surface area (Å²) >= 11 is 0. The molecular weight excluding hydrogens is 574 g/mol. The van der Waals surface area contributed by atoms with E-state index in [2.05, 4.69) is 67.4 Å². The molecule has 0 spiro atoms. The second kappa shape index (κ2) is 11.9. The monoisotopic (exact) mass is 611 g/mol. The Labute approximate surface area is 276 Å². The van der Waals surface area contributed by atoms with Crippen LogP contribution in [0, 0.1) is 29.1 Å². The molecule has 2 aromatic heterocycles. The molecular formula is C42H37N5. The zero-order chi connectivity index (χ0) is 32.0. The number of rotatable bonds is 5. The van der Waals surface area contributed by atoms with Gasteiger partial charge >= 0.3 is 0 Å². The normalized spacial score (nSPS) is 22.1. The molecule has 0 aliphatic heterocycles. The molecule has 1 unspecified atom stereocenters. The molecule has 0 radical (unpaired) electrons. The maximum atomic E-state index is 9.81. The SMILES string of the molecule is C[C@@H]1C[C@@H]2C[C@H](C)CC(c3ccc(-c4nc(-c5cccc(-c6ccncc6)c5)nc(-c5cccc6c(C#N)cccc56)n4)cc3)(C1)C2. The van der Waals surface area contributed by atoms with Gasteiger partial charge in [0.25, 0.3) is 0 Å². The summed E-state index contributed by atoms with van der Waals surface area (Å²) in [5, 5.41) is 11.6. The van der Waals surface area contributed by atoms with Gasteiger partial charge in [0.2, 0.25) is 0 Å². The first-order valence-corrected chi connectivity index (χ1v) is 16.8. The number of fused-ring (bicyclic) bond motifs is 3. The van der Waals surface area contributed by atoms with E-state index in [-0.39, 0.29) is 5.41 Å². The number of hydrogen-bond donors (Lipinski definition) is 0. The second-order valence-corrected chi connectivity index (χ2v) is 14.0. The van der Waals surface area contributed by atoms with Gasteiger partial charge in [-0.2, -0.15) is 5.26 Å². The van der Waals surface area contributed by atoms with E-state index in [9.17, 15) is 5.26 Å². The van der Waals surface area contributed by atoms with Crippen LogP contribution in [0.1, 0.15) is 57.1 Å². The molecule has 230 valence electrons. The summed E-state index contributed by atoms with van der Waals surface area (Å²) in [4.78, 5) is 19.4. The van der Waals surface area contributed by atoms with Gasteiger partial charge in [0, 0.05) is 34.5 Å². The van der Waals surface area contributed by atoms with Crippen LogP contribution in [0.3, 0.4) is 0 Å². The van der Waals surface area contributed by atoms with Gasteiger partial charge in [0.05, 0.1) is 11.6 Å². The third-order valence-electron chi connectivity index (χ3n) is 10.4. The van der Waals surface area contributed by atoms with Gasteiger partial charge in [0.15, 0.2) is 17.5 Å². The van der Waals surface area contributed by atoms with Gasteiger partial charge in [-0.3, -0.25) is 4.98 Å². The number of nitrogens with zero attached hydrogens (tertiary/aromatic N) is 5. The molecule has 2 aliphatic carbocycles. The van der Waals surface area contributed by atoms with Crippen molar-refractivity contribution in [2.24, 2.45) is 17.8 Å². The fraction of sp³-hybridized carbons (Fsp3) is 0.262. The first kappa shape index (κ1) is 29.2. The van der Waals surface area contributed by atoms with Crippen molar-refractivity contribution in [2.75, 3.05) is 0 Å². The van der Waals surface area contributed by atoms with Crippen LogP contribution < -0.4 is 0 Å². The quantitative estimate of drug-likeness (QED) is 0.194. The summed E-state index contributed by atoms with van der Waals surface area (Å²) in [5.41, 5.74) is 7.28. The molecule has 0 N–H and O–H groups in total. The third-order valence-corrected chi connectivity index (χ3v) is 10.4. The zero-order valence-corrected chi connectivity index (χ0v) is 26.9. The van der Waals surface area contributed by atoms with Crippen LogP contribution in [0.15, 0.2) is 109 Å². The Morgan fingerprint density at radius 1 is 0.617 bits per heavy atom. The smallest absolute Gasteiger partial charge is 0.164 e. The molecule has 2 saturated carbocycles. The standard InChI is InChI=1S/C42H37N5/c1-27-20-29-21-28(2)24-42(23-27,25-29)35-14-12-31(13-15-35)39-45-40(33-7-3-6-32(22-33)30-16-18-44-19-17-30)47-41(46-39)38-11-5-9-36-34(26-43)8-4-10-37(36)38/h3-19,22,27-29H,20-21,23-25H2,1-2H3/t27-,28+,29-,42?. The highest BCUT2D eigenvalue weighted by Crippen LogP contribution is 2.54. The zero-order valence-electron chi connectivity index (χ0n) is 26.9. The highest BCUT2D eigenvalue weighted by atomic mass is 15.0. The molecule has 6 aromatic rings. The number of pyridine rings is 1. The van der Waals surface area contributed by atoms with Crippen LogP contribution in [-0.4, -0.2) is 19.9 Å². The van der Waals surface area contributed by atoms with E-state index in [1.807, 2.05) is 67.0 Å². The Kier molecular flexibility index (Phi) is 7.37. The molecule has 47 heavy (non-hydrogen) atoms. The minimum absolute atomic E-state index is 0.267. The van der Waals surface area contributed by atoms with E-state index in [1.54, 1.807) is 0 Å². The average Bonchev–Trinajstić information content (AvgIpc) is 3.11. The Hall–Kier alpha value is -5.21. The van der Waals surface area contributed by atoms with E-state index in [1.165, 1.54) is 37.7 Å². The van der Waals surface area contributed by atoms with Crippen LogP contribution in [0.5, 0.6) is 0 Å². The van der Waals surface area contributed by atoms with E-state index in [4.69, 9.17) is 15.0 Å². The molecule has 0 saturated heterocycles. The fourth-order valence-electron chi connectivity index (χ4n) is 8.77. The predicted octanol–water partition coefficient (Wildman–Crippen LogP) is 10.1. The molecule has 8 rings (SSSR count). The third kappa shape index (κ3) is 5.48. The summed E-state index contributed by atoms with van der Waals surface area (Å²) in [5.74, 6) is 4.21. The first-order chi connectivity index (χ1) is 23.0. The molecule has 0 amide bonds. The maximum Gasteiger partial charge on any atom is 0.164 e. The van der Waals surface area contributed by atoms with Gasteiger partial charge in [0.1, 0.15) is 0 Å². The Balaban J connectivity index is 1.26. The van der Waals surface area contributed by atoms with Crippen molar-refractivity contribution in [1.29, 1.82) is 5.26 Å². The van der Waals surface area contributed by atoms with Gasteiger partial charge in [-0.15, -0.1) is 0 Å². The summed E-state index contributed by atoms with van der Waals surface area (Å²) in [6.07, 6.45) is 10.2. The van der Waals surface area contributed by atoms with Gasteiger partial charge < -0.3 is 0 Å². The lowest BCUT2D eigenvalue weighted by Gasteiger charge is -2.50. The summed E-state index contributed by atoms with van der Waals surface area (Å²) in [6, 6.07) is 35.6. The molecule has 2 aliphatic rings. The highest BCUT2D eigenvalue weighted by molar-refractivity contribution is 5.98. The molecule has 2 bridgehead atoms. The van der Waals surface area contributed by atoms with E-state index in [0.29, 0.717) is 23.0 Å². The minimum atomic E-state index is 0.267. The molecule has 4 atom stereocenters. The summed E-state index contributed by atoms with van der Waals surface area (Å²) in [6.45, 7) is 4.88. The van der Waals surface area contributed by atoms with E-state index in [0.717, 1.165) is 56.3 Å². The molecule has 2 fully saturated rings. The van der Waals surface area contributed by atoms with Crippen molar-refractivity contribution in [3.63, 3.8) is 0 Å². The van der Waals surface area contributed by atoms with Crippen LogP contribution in [-0.2, 0) is 5.41 Å². The lowest BCUT2D eigenvalue weighted by atomic mass is 9.54. The number of nitriles is 1. The second-order valence-electron chi connectivity index (χ2n) is 14.0. The van der Waals surface area contributed by atoms with Gasteiger partial charge in [-0.25, -0.2) is 15.0 Å². The van der Waals surface area contributed by atoms with Crippen LogP contribution in [0.4, 0.5) is 0 Å².